The maximum Gasteiger partial charge on any atom is 0.0242 e. The lowest BCUT2D eigenvalue weighted by Gasteiger charge is -2.35. The van der Waals surface area contributed by atoms with Crippen LogP contribution in [0.2, 0.25) is 0 Å². The maximum absolute atomic E-state index is 3.68. The van der Waals surface area contributed by atoms with Crippen LogP contribution in [-0.4, -0.2) is 31.1 Å². The summed E-state index contributed by atoms with van der Waals surface area (Å²) in [6.07, 6.45) is 5.51. The molecule has 2 unspecified atom stereocenters. The molecule has 0 amide bonds. The highest BCUT2D eigenvalue weighted by Gasteiger charge is 2.25. The van der Waals surface area contributed by atoms with Crippen LogP contribution in [0.3, 0.4) is 0 Å². The minimum atomic E-state index is 0.718. The summed E-state index contributed by atoms with van der Waals surface area (Å²) in [5.74, 6) is 0.802. The van der Waals surface area contributed by atoms with Gasteiger partial charge in [0.15, 0.2) is 0 Å². The smallest absolute Gasteiger partial charge is 0.0242 e. The predicted molar refractivity (Wildman–Crippen MR) is 89.9 cm³/mol. The second-order valence-corrected chi connectivity index (χ2v) is 6.85. The molecule has 112 valence electrons. The molecule has 1 N–H and O–H groups in total. The van der Waals surface area contributed by atoms with Gasteiger partial charge in [0.2, 0.25) is 0 Å². The lowest BCUT2D eigenvalue weighted by atomic mass is 9.84. The number of nitrogens with one attached hydrogen (secondary N) is 1. The standard InChI is InChI=1S/C17H27BrN2/c1-3-19-17-11-7-5-9-15(17)13-20(2)12-14-8-4-6-10-16(14)18/h4,6,8,10,15,17,19H,3,5,7,9,11-13H2,1-2H3. The summed E-state index contributed by atoms with van der Waals surface area (Å²) in [6.45, 7) is 5.53. The van der Waals surface area contributed by atoms with Gasteiger partial charge in [-0.1, -0.05) is 53.9 Å². The molecular weight excluding hydrogens is 312 g/mol. The zero-order valence-electron chi connectivity index (χ0n) is 12.7. The first kappa shape index (κ1) is 16.0. The molecule has 0 aliphatic heterocycles. The molecule has 1 saturated carbocycles. The van der Waals surface area contributed by atoms with Gasteiger partial charge in [-0.3, -0.25) is 0 Å². The SMILES string of the molecule is CCNC1CCCCC1CN(C)Cc1ccccc1Br. The Morgan fingerprint density at radius 3 is 2.75 bits per heavy atom. The monoisotopic (exact) mass is 338 g/mol. The van der Waals surface area contributed by atoms with Gasteiger partial charge in [-0.05, 0) is 44.0 Å². The van der Waals surface area contributed by atoms with Crippen molar-refractivity contribution in [2.75, 3.05) is 20.1 Å². The minimum Gasteiger partial charge on any atom is -0.314 e. The topological polar surface area (TPSA) is 15.3 Å². The van der Waals surface area contributed by atoms with Crippen LogP contribution in [0.15, 0.2) is 28.7 Å². The average Bonchev–Trinajstić information content (AvgIpc) is 2.44. The number of nitrogens with zero attached hydrogens (tertiary/aromatic N) is 1. The van der Waals surface area contributed by atoms with E-state index in [0.29, 0.717) is 0 Å². The zero-order valence-corrected chi connectivity index (χ0v) is 14.3. The summed E-state index contributed by atoms with van der Waals surface area (Å²) in [7, 11) is 2.25. The first-order valence-electron chi connectivity index (χ1n) is 7.86. The fourth-order valence-corrected chi connectivity index (χ4v) is 3.75. The molecule has 0 aromatic heterocycles. The highest BCUT2D eigenvalue weighted by molar-refractivity contribution is 9.10. The van der Waals surface area contributed by atoms with Crippen LogP contribution in [0.4, 0.5) is 0 Å². The van der Waals surface area contributed by atoms with Crippen LogP contribution in [-0.2, 0) is 6.54 Å². The van der Waals surface area contributed by atoms with Crippen LogP contribution in [0, 0.1) is 5.92 Å². The Kier molecular flexibility index (Phi) is 6.53. The molecule has 20 heavy (non-hydrogen) atoms. The van der Waals surface area contributed by atoms with E-state index in [9.17, 15) is 0 Å². The highest BCUT2D eigenvalue weighted by Crippen LogP contribution is 2.26. The van der Waals surface area contributed by atoms with E-state index in [2.05, 4.69) is 64.4 Å². The lowest BCUT2D eigenvalue weighted by molar-refractivity contribution is 0.186. The molecule has 0 heterocycles. The quantitative estimate of drug-likeness (QED) is 0.841. The van der Waals surface area contributed by atoms with E-state index >= 15 is 0 Å². The van der Waals surface area contributed by atoms with Crippen molar-refractivity contribution in [1.82, 2.24) is 10.2 Å². The number of rotatable bonds is 6. The van der Waals surface area contributed by atoms with Gasteiger partial charge in [0.1, 0.15) is 0 Å². The van der Waals surface area contributed by atoms with Gasteiger partial charge in [-0.25, -0.2) is 0 Å². The van der Waals surface area contributed by atoms with Gasteiger partial charge < -0.3 is 10.2 Å². The van der Waals surface area contributed by atoms with E-state index in [-0.39, 0.29) is 0 Å². The number of hydrogen-bond acceptors (Lipinski definition) is 2. The van der Waals surface area contributed by atoms with Crippen LogP contribution in [0.5, 0.6) is 0 Å². The number of hydrogen-bond donors (Lipinski definition) is 1. The normalized spacial score (nSPS) is 23.2. The van der Waals surface area contributed by atoms with Crippen LogP contribution in [0.25, 0.3) is 0 Å². The van der Waals surface area contributed by atoms with Gasteiger partial charge in [0, 0.05) is 23.6 Å². The number of benzene rings is 1. The number of halogens is 1. The summed E-state index contributed by atoms with van der Waals surface area (Å²) in [6, 6.07) is 9.26. The Bertz CT molecular complexity index is 406. The predicted octanol–water partition coefficient (Wildman–Crippen LogP) is 4.05. The van der Waals surface area contributed by atoms with Crippen LogP contribution >= 0.6 is 15.9 Å². The molecule has 1 fully saturated rings. The van der Waals surface area contributed by atoms with Crippen LogP contribution in [0.1, 0.15) is 38.2 Å². The summed E-state index contributed by atoms with van der Waals surface area (Å²) in [4.78, 5) is 2.47. The molecule has 1 aliphatic rings. The Morgan fingerprint density at radius 2 is 2.00 bits per heavy atom. The van der Waals surface area contributed by atoms with E-state index in [4.69, 9.17) is 0 Å². The van der Waals surface area contributed by atoms with Gasteiger partial charge in [0.25, 0.3) is 0 Å². The summed E-state index contributed by atoms with van der Waals surface area (Å²) >= 11 is 3.65. The molecule has 0 bridgehead atoms. The van der Waals surface area contributed by atoms with E-state index in [0.717, 1.165) is 25.0 Å². The van der Waals surface area contributed by atoms with Gasteiger partial charge in [-0.15, -0.1) is 0 Å². The molecule has 0 spiro atoms. The molecule has 0 saturated heterocycles. The van der Waals surface area contributed by atoms with Crippen molar-refractivity contribution in [3.63, 3.8) is 0 Å². The van der Waals surface area contributed by atoms with Crippen molar-refractivity contribution in [3.05, 3.63) is 34.3 Å². The first-order chi connectivity index (χ1) is 9.70. The molecule has 1 aromatic carbocycles. The Morgan fingerprint density at radius 1 is 1.25 bits per heavy atom. The minimum absolute atomic E-state index is 0.718. The summed E-state index contributed by atoms with van der Waals surface area (Å²) in [5.41, 5.74) is 1.38. The zero-order chi connectivity index (χ0) is 14.4. The largest absolute Gasteiger partial charge is 0.314 e. The molecule has 2 nitrogen and oxygen atoms in total. The fraction of sp³-hybridized carbons (Fsp3) is 0.647. The summed E-state index contributed by atoms with van der Waals surface area (Å²) < 4.78 is 1.22. The van der Waals surface area contributed by atoms with Crippen molar-refractivity contribution < 1.29 is 0 Å². The van der Waals surface area contributed by atoms with Crippen molar-refractivity contribution in [2.45, 2.75) is 45.2 Å². The third kappa shape index (κ3) is 4.57. The lowest BCUT2D eigenvalue weighted by Crippen LogP contribution is -2.43. The fourth-order valence-electron chi connectivity index (χ4n) is 3.34. The van der Waals surface area contributed by atoms with E-state index in [1.807, 2.05) is 0 Å². The highest BCUT2D eigenvalue weighted by atomic mass is 79.9. The summed E-state index contributed by atoms with van der Waals surface area (Å²) in [5, 5.41) is 3.68. The van der Waals surface area contributed by atoms with Crippen molar-refractivity contribution in [1.29, 1.82) is 0 Å². The molecule has 2 atom stereocenters. The van der Waals surface area contributed by atoms with Crippen molar-refractivity contribution in [3.8, 4) is 0 Å². The third-order valence-electron chi connectivity index (χ3n) is 4.32. The van der Waals surface area contributed by atoms with Gasteiger partial charge >= 0.3 is 0 Å². The Balaban J connectivity index is 1.89. The second-order valence-electron chi connectivity index (χ2n) is 6.00. The molecule has 2 rings (SSSR count). The maximum atomic E-state index is 3.68. The second kappa shape index (κ2) is 8.16. The molecule has 3 heteroatoms. The van der Waals surface area contributed by atoms with Gasteiger partial charge in [-0.2, -0.15) is 0 Å². The van der Waals surface area contributed by atoms with E-state index < -0.39 is 0 Å². The Hall–Kier alpha value is -0.380. The molecule has 0 radical (unpaired) electrons. The molecule has 1 aromatic rings. The van der Waals surface area contributed by atoms with Crippen molar-refractivity contribution in [2.24, 2.45) is 5.92 Å². The Labute approximate surface area is 132 Å². The van der Waals surface area contributed by atoms with E-state index in [1.54, 1.807) is 0 Å². The van der Waals surface area contributed by atoms with Crippen molar-refractivity contribution >= 4 is 15.9 Å². The van der Waals surface area contributed by atoms with E-state index in [1.165, 1.54) is 42.3 Å². The van der Waals surface area contributed by atoms with Crippen LogP contribution < -0.4 is 5.32 Å². The average molecular weight is 339 g/mol. The first-order valence-corrected chi connectivity index (χ1v) is 8.65. The molecular formula is C17H27BrN2. The van der Waals surface area contributed by atoms with Gasteiger partial charge in [0.05, 0.1) is 0 Å². The molecule has 1 aliphatic carbocycles. The third-order valence-corrected chi connectivity index (χ3v) is 5.09.